The van der Waals surface area contributed by atoms with Gasteiger partial charge in [0.1, 0.15) is 5.58 Å². The van der Waals surface area contributed by atoms with Gasteiger partial charge >= 0.3 is 6.18 Å². The van der Waals surface area contributed by atoms with Crippen LogP contribution in [0, 0.1) is 5.92 Å². The summed E-state index contributed by atoms with van der Waals surface area (Å²) in [6.07, 6.45) is -2.19. The fourth-order valence-corrected chi connectivity index (χ4v) is 3.11. The molecule has 1 N–H and O–H groups in total. The summed E-state index contributed by atoms with van der Waals surface area (Å²) in [5.74, 6) is 0.0308. The van der Waals surface area contributed by atoms with Crippen LogP contribution in [0.3, 0.4) is 0 Å². The first kappa shape index (κ1) is 13.5. The van der Waals surface area contributed by atoms with Gasteiger partial charge in [0, 0.05) is 10.9 Å². The average molecular weight is 283 g/mol. The molecule has 3 rings (SSSR count). The molecule has 0 spiro atoms. The lowest BCUT2D eigenvalue weighted by Crippen LogP contribution is -2.34. The fraction of sp³-hybridized carbons (Fsp3) is 0.467. The van der Waals surface area contributed by atoms with E-state index in [2.05, 4.69) is 5.32 Å². The van der Waals surface area contributed by atoms with Gasteiger partial charge in [-0.15, -0.1) is 0 Å². The van der Waals surface area contributed by atoms with Crippen molar-refractivity contribution in [2.75, 3.05) is 13.1 Å². The third-order valence-corrected chi connectivity index (χ3v) is 4.12. The largest absolute Gasteiger partial charge is 0.464 e. The highest BCUT2D eigenvalue weighted by atomic mass is 19.4. The molecule has 2 atom stereocenters. The molecule has 1 fully saturated rings. The van der Waals surface area contributed by atoms with Crippen LogP contribution in [0.25, 0.3) is 11.0 Å². The third kappa shape index (κ3) is 2.20. The molecule has 0 amide bonds. The molecule has 1 saturated heterocycles. The zero-order chi connectivity index (χ0) is 14.3. The first-order chi connectivity index (χ1) is 9.48. The van der Waals surface area contributed by atoms with Crippen LogP contribution in [-0.2, 0) is 6.18 Å². The van der Waals surface area contributed by atoms with Gasteiger partial charge in [-0.25, -0.2) is 0 Å². The molecule has 0 unspecified atom stereocenters. The van der Waals surface area contributed by atoms with E-state index in [9.17, 15) is 13.2 Å². The maximum absolute atomic E-state index is 13.3. The van der Waals surface area contributed by atoms with Crippen molar-refractivity contribution in [3.05, 3.63) is 35.6 Å². The Labute approximate surface area is 115 Å². The van der Waals surface area contributed by atoms with Crippen LogP contribution >= 0.6 is 0 Å². The molecule has 1 aliphatic heterocycles. The summed E-state index contributed by atoms with van der Waals surface area (Å²) in [5.41, 5.74) is 0.159. The summed E-state index contributed by atoms with van der Waals surface area (Å²) in [5, 5.41) is 3.96. The highest BCUT2D eigenvalue weighted by Gasteiger charge is 2.38. The number of hydrogen-bond donors (Lipinski definition) is 1. The Bertz CT molecular complexity index is 617. The summed E-state index contributed by atoms with van der Waals surface area (Å²) >= 11 is 0. The van der Waals surface area contributed by atoms with Crippen molar-refractivity contribution in [3.63, 3.8) is 0 Å². The number of hydrogen-bond acceptors (Lipinski definition) is 2. The van der Waals surface area contributed by atoms with Crippen LogP contribution in [0.5, 0.6) is 0 Å². The number of halogens is 3. The number of piperidine rings is 1. The van der Waals surface area contributed by atoms with Crippen LogP contribution in [-0.4, -0.2) is 13.1 Å². The molecule has 1 aromatic carbocycles. The molecule has 1 aromatic heterocycles. The Morgan fingerprint density at radius 2 is 2.05 bits per heavy atom. The minimum atomic E-state index is -4.35. The zero-order valence-electron chi connectivity index (χ0n) is 11.1. The Morgan fingerprint density at radius 1 is 1.25 bits per heavy atom. The highest BCUT2D eigenvalue weighted by molar-refractivity contribution is 5.82. The van der Waals surface area contributed by atoms with Gasteiger partial charge in [-0.1, -0.05) is 13.0 Å². The highest BCUT2D eigenvalue weighted by Crippen LogP contribution is 2.43. The number of nitrogens with one attached hydrogen (secondary N) is 1. The summed E-state index contributed by atoms with van der Waals surface area (Å²) in [6.45, 7) is 3.46. The van der Waals surface area contributed by atoms with E-state index in [1.807, 2.05) is 6.92 Å². The van der Waals surface area contributed by atoms with E-state index in [0.29, 0.717) is 17.6 Å². The molecule has 1 aliphatic rings. The van der Waals surface area contributed by atoms with E-state index in [1.165, 1.54) is 18.4 Å². The van der Waals surface area contributed by atoms with E-state index in [-0.39, 0.29) is 11.8 Å². The minimum Gasteiger partial charge on any atom is -0.464 e. The van der Waals surface area contributed by atoms with Crippen LogP contribution in [0.4, 0.5) is 13.2 Å². The molecule has 2 nitrogen and oxygen atoms in total. The molecule has 0 bridgehead atoms. The van der Waals surface area contributed by atoms with E-state index < -0.39 is 11.7 Å². The number of rotatable bonds is 1. The maximum Gasteiger partial charge on any atom is 0.416 e. The molecule has 0 saturated carbocycles. The molecule has 2 aromatic rings. The topological polar surface area (TPSA) is 25.2 Å². The van der Waals surface area contributed by atoms with Crippen molar-refractivity contribution in [1.29, 1.82) is 0 Å². The number of furan rings is 1. The average Bonchev–Trinajstić information content (AvgIpc) is 2.85. The summed E-state index contributed by atoms with van der Waals surface area (Å²) in [7, 11) is 0. The Kier molecular flexibility index (Phi) is 3.24. The summed E-state index contributed by atoms with van der Waals surface area (Å²) in [4.78, 5) is 0. The number of benzene rings is 1. The summed E-state index contributed by atoms with van der Waals surface area (Å²) < 4.78 is 45.3. The number of fused-ring (bicyclic) bond motifs is 1. The van der Waals surface area contributed by atoms with Gasteiger partial charge in [0.25, 0.3) is 0 Å². The molecular formula is C15H16F3NO. The lowest BCUT2D eigenvalue weighted by molar-refractivity contribution is -0.138. The fourth-order valence-electron chi connectivity index (χ4n) is 3.11. The molecule has 108 valence electrons. The van der Waals surface area contributed by atoms with E-state index in [1.54, 1.807) is 6.07 Å². The number of alkyl halides is 3. The van der Waals surface area contributed by atoms with Crippen molar-refractivity contribution in [1.82, 2.24) is 5.32 Å². The molecule has 20 heavy (non-hydrogen) atoms. The molecular weight excluding hydrogens is 267 g/mol. The lowest BCUT2D eigenvalue weighted by atomic mass is 9.79. The van der Waals surface area contributed by atoms with Gasteiger partial charge in [-0.05, 0) is 43.5 Å². The monoisotopic (exact) mass is 283 g/mol. The quantitative estimate of drug-likeness (QED) is 0.850. The standard InChI is InChI=1S/C15H16F3NO/c1-9-8-19-6-4-11(9)13-12(15(16,17)18)3-2-10-5-7-20-14(10)13/h2-3,5,7,9,11,19H,4,6,8H2,1H3/t9-,11+/m0/s1. The first-order valence-corrected chi connectivity index (χ1v) is 6.76. The van der Waals surface area contributed by atoms with Crippen molar-refractivity contribution < 1.29 is 17.6 Å². The van der Waals surface area contributed by atoms with Crippen molar-refractivity contribution in [2.24, 2.45) is 5.92 Å². The van der Waals surface area contributed by atoms with Crippen LogP contribution in [0.1, 0.15) is 30.4 Å². The minimum absolute atomic E-state index is 0.122. The van der Waals surface area contributed by atoms with E-state index in [0.717, 1.165) is 18.5 Å². The molecule has 0 aliphatic carbocycles. The van der Waals surface area contributed by atoms with Gasteiger partial charge in [-0.2, -0.15) is 13.2 Å². The van der Waals surface area contributed by atoms with Crippen molar-refractivity contribution in [3.8, 4) is 0 Å². The third-order valence-electron chi connectivity index (χ3n) is 4.12. The van der Waals surface area contributed by atoms with Gasteiger partial charge in [0.05, 0.1) is 11.8 Å². The SMILES string of the molecule is C[C@H]1CNCC[C@H]1c1c(C(F)(F)F)ccc2ccoc12. The predicted octanol–water partition coefficient (Wildman–Crippen LogP) is 4.16. The predicted molar refractivity (Wildman–Crippen MR) is 70.6 cm³/mol. The second-order valence-electron chi connectivity index (χ2n) is 5.44. The van der Waals surface area contributed by atoms with E-state index in [4.69, 9.17) is 4.42 Å². The van der Waals surface area contributed by atoms with Gasteiger partial charge in [0.15, 0.2) is 0 Å². The second kappa shape index (κ2) is 4.81. The van der Waals surface area contributed by atoms with Gasteiger partial charge in [-0.3, -0.25) is 0 Å². The van der Waals surface area contributed by atoms with Crippen LogP contribution in [0.2, 0.25) is 0 Å². The Hall–Kier alpha value is -1.49. The van der Waals surface area contributed by atoms with Crippen molar-refractivity contribution in [2.45, 2.75) is 25.4 Å². The smallest absolute Gasteiger partial charge is 0.416 e. The first-order valence-electron chi connectivity index (χ1n) is 6.76. The Morgan fingerprint density at radius 3 is 2.75 bits per heavy atom. The van der Waals surface area contributed by atoms with Crippen LogP contribution < -0.4 is 5.32 Å². The Balaban J connectivity index is 2.21. The maximum atomic E-state index is 13.3. The molecule has 2 heterocycles. The second-order valence-corrected chi connectivity index (χ2v) is 5.44. The summed E-state index contributed by atoms with van der Waals surface area (Å²) in [6, 6.07) is 4.38. The van der Waals surface area contributed by atoms with Gasteiger partial charge in [0.2, 0.25) is 0 Å². The van der Waals surface area contributed by atoms with Gasteiger partial charge < -0.3 is 9.73 Å². The van der Waals surface area contributed by atoms with Crippen LogP contribution in [0.15, 0.2) is 28.9 Å². The van der Waals surface area contributed by atoms with Crippen molar-refractivity contribution >= 4 is 11.0 Å². The lowest BCUT2D eigenvalue weighted by Gasteiger charge is -2.31. The normalized spacial score (nSPS) is 24.2. The molecule has 5 heteroatoms. The zero-order valence-corrected chi connectivity index (χ0v) is 11.1. The van der Waals surface area contributed by atoms with E-state index >= 15 is 0 Å². The molecule has 0 radical (unpaired) electrons.